The SMILES string of the molecule is Cc1cccc2cc(C(C)Nc3ncc(C(F)(F)F)c(N)n3)n(-c3ccccc3)c(=O)c12. The number of nitrogens with one attached hydrogen (secondary N) is 1. The van der Waals surface area contributed by atoms with Crippen molar-refractivity contribution >= 4 is 22.5 Å². The number of hydrogen-bond donors (Lipinski definition) is 2. The van der Waals surface area contributed by atoms with Gasteiger partial charge in [0.25, 0.3) is 5.56 Å². The molecule has 0 fully saturated rings. The Balaban J connectivity index is 1.83. The number of anilines is 2. The lowest BCUT2D eigenvalue weighted by Gasteiger charge is -2.21. The van der Waals surface area contributed by atoms with E-state index in [-0.39, 0.29) is 11.5 Å². The van der Waals surface area contributed by atoms with E-state index in [2.05, 4.69) is 15.3 Å². The van der Waals surface area contributed by atoms with Crippen molar-refractivity contribution in [1.29, 1.82) is 0 Å². The first-order chi connectivity index (χ1) is 15.2. The maximum atomic E-state index is 13.5. The molecular formula is C23H20F3N5O. The third kappa shape index (κ3) is 3.89. The van der Waals surface area contributed by atoms with Crippen LogP contribution in [0.1, 0.15) is 29.8 Å². The van der Waals surface area contributed by atoms with Crippen LogP contribution in [0.15, 0.2) is 65.6 Å². The molecule has 2 heterocycles. The molecule has 164 valence electrons. The Bertz CT molecular complexity index is 1350. The number of hydrogen-bond acceptors (Lipinski definition) is 5. The van der Waals surface area contributed by atoms with Crippen LogP contribution in [0.3, 0.4) is 0 Å². The first-order valence-corrected chi connectivity index (χ1v) is 9.84. The molecule has 0 bridgehead atoms. The van der Waals surface area contributed by atoms with E-state index in [1.165, 1.54) is 0 Å². The predicted molar refractivity (Wildman–Crippen MR) is 118 cm³/mol. The number of para-hydroxylation sites is 1. The van der Waals surface area contributed by atoms with E-state index in [9.17, 15) is 18.0 Å². The molecular weight excluding hydrogens is 419 g/mol. The summed E-state index contributed by atoms with van der Waals surface area (Å²) in [6.45, 7) is 3.65. The predicted octanol–water partition coefficient (Wildman–Crippen LogP) is 4.86. The van der Waals surface area contributed by atoms with Crippen molar-refractivity contribution in [3.63, 3.8) is 0 Å². The fourth-order valence-electron chi connectivity index (χ4n) is 3.67. The number of alkyl halides is 3. The van der Waals surface area contributed by atoms with E-state index in [4.69, 9.17) is 5.73 Å². The summed E-state index contributed by atoms with van der Waals surface area (Å²) in [5.74, 6) is -0.740. The number of aromatic nitrogens is 3. The monoisotopic (exact) mass is 439 g/mol. The lowest BCUT2D eigenvalue weighted by Crippen LogP contribution is -2.26. The maximum absolute atomic E-state index is 13.5. The van der Waals surface area contributed by atoms with Crippen molar-refractivity contribution in [2.24, 2.45) is 0 Å². The van der Waals surface area contributed by atoms with Gasteiger partial charge in [-0.15, -0.1) is 0 Å². The third-order valence-corrected chi connectivity index (χ3v) is 5.21. The van der Waals surface area contributed by atoms with E-state index in [0.717, 1.165) is 10.9 Å². The minimum atomic E-state index is -4.64. The normalized spacial score (nSPS) is 12.7. The van der Waals surface area contributed by atoms with Crippen LogP contribution >= 0.6 is 0 Å². The Labute approximate surface area is 181 Å². The molecule has 4 aromatic rings. The molecule has 0 aliphatic carbocycles. The molecule has 0 aliphatic rings. The average molecular weight is 439 g/mol. The van der Waals surface area contributed by atoms with Gasteiger partial charge in [-0.05, 0) is 43.0 Å². The van der Waals surface area contributed by atoms with E-state index < -0.39 is 23.6 Å². The highest BCUT2D eigenvalue weighted by molar-refractivity contribution is 5.85. The molecule has 1 unspecified atom stereocenters. The minimum Gasteiger partial charge on any atom is -0.383 e. The smallest absolute Gasteiger partial charge is 0.383 e. The van der Waals surface area contributed by atoms with Gasteiger partial charge >= 0.3 is 6.18 Å². The fourth-order valence-corrected chi connectivity index (χ4v) is 3.67. The van der Waals surface area contributed by atoms with Crippen molar-refractivity contribution in [3.8, 4) is 5.69 Å². The number of aryl methyl sites for hydroxylation is 1. The second-order valence-corrected chi connectivity index (χ2v) is 7.44. The summed E-state index contributed by atoms with van der Waals surface area (Å²) in [5.41, 5.74) is 6.32. The van der Waals surface area contributed by atoms with Gasteiger partial charge in [-0.3, -0.25) is 9.36 Å². The first kappa shape index (κ1) is 21.4. The molecule has 32 heavy (non-hydrogen) atoms. The van der Waals surface area contributed by atoms with Crippen LogP contribution in [0.4, 0.5) is 24.9 Å². The average Bonchev–Trinajstić information content (AvgIpc) is 2.73. The number of pyridine rings is 1. The fraction of sp³-hybridized carbons (Fsp3) is 0.174. The third-order valence-electron chi connectivity index (χ3n) is 5.21. The quantitative estimate of drug-likeness (QED) is 0.474. The van der Waals surface area contributed by atoms with Crippen molar-refractivity contribution < 1.29 is 13.2 Å². The highest BCUT2D eigenvalue weighted by Crippen LogP contribution is 2.33. The van der Waals surface area contributed by atoms with Gasteiger partial charge in [0, 0.05) is 17.6 Å². The van der Waals surface area contributed by atoms with Gasteiger partial charge in [0.05, 0.1) is 11.4 Å². The summed E-state index contributed by atoms with van der Waals surface area (Å²) in [6.07, 6.45) is -4.00. The van der Waals surface area contributed by atoms with Crippen molar-refractivity contribution in [2.45, 2.75) is 26.1 Å². The van der Waals surface area contributed by atoms with Gasteiger partial charge in [-0.2, -0.15) is 18.2 Å². The maximum Gasteiger partial charge on any atom is 0.421 e. The number of rotatable bonds is 4. The van der Waals surface area contributed by atoms with E-state index in [1.54, 1.807) is 11.5 Å². The van der Waals surface area contributed by atoms with Gasteiger partial charge in [0.1, 0.15) is 11.4 Å². The number of benzene rings is 2. The van der Waals surface area contributed by atoms with Crippen LogP contribution in [0.5, 0.6) is 0 Å². The second-order valence-electron chi connectivity index (χ2n) is 7.44. The molecule has 0 saturated heterocycles. The number of halogens is 3. The molecule has 0 amide bonds. The molecule has 4 rings (SSSR count). The molecule has 0 spiro atoms. The summed E-state index contributed by atoms with van der Waals surface area (Å²) in [6, 6.07) is 16.1. The Morgan fingerprint density at radius 1 is 1.09 bits per heavy atom. The molecule has 0 radical (unpaired) electrons. The Hall–Kier alpha value is -3.88. The van der Waals surface area contributed by atoms with Crippen LogP contribution in [0, 0.1) is 6.92 Å². The highest BCUT2D eigenvalue weighted by atomic mass is 19.4. The summed E-state index contributed by atoms with van der Waals surface area (Å²) in [4.78, 5) is 21.0. The zero-order chi connectivity index (χ0) is 23.0. The van der Waals surface area contributed by atoms with Crippen LogP contribution in [0.2, 0.25) is 0 Å². The van der Waals surface area contributed by atoms with Gasteiger partial charge in [0.2, 0.25) is 5.95 Å². The molecule has 0 saturated carbocycles. The number of nitrogens with two attached hydrogens (primary N) is 1. The number of fused-ring (bicyclic) bond motifs is 1. The molecule has 6 nitrogen and oxygen atoms in total. The summed E-state index contributed by atoms with van der Waals surface area (Å²) >= 11 is 0. The minimum absolute atomic E-state index is 0.0700. The topological polar surface area (TPSA) is 85.8 Å². The molecule has 0 aliphatic heterocycles. The molecule has 9 heteroatoms. The summed E-state index contributed by atoms with van der Waals surface area (Å²) in [7, 11) is 0. The summed E-state index contributed by atoms with van der Waals surface area (Å²) < 4.78 is 40.4. The Kier molecular flexibility index (Phi) is 5.33. The van der Waals surface area contributed by atoms with Gasteiger partial charge < -0.3 is 11.1 Å². The first-order valence-electron chi connectivity index (χ1n) is 9.84. The van der Waals surface area contributed by atoms with E-state index in [1.807, 2.05) is 61.5 Å². The van der Waals surface area contributed by atoms with E-state index >= 15 is 0 Å². The van der Waals surface area contributed by atoms with Crippen LogP contribution in [-0.4, -0.2) is 14.5 Å². The van der Waals surface area contributed by atoms with Crippen LogP contribution in [0.25, 0.3) is 16.5 Å². The Morgan fingerprint density at radius 2 is 1.81 bits per heavy atom. The second kappa shape index (κ2) is 7.99. The molecule has 1 atom stereocenters. The molecule has 3 N–H and O–H groups in total. The Morgan fingerprint density at radius 3 is 2.47 bits per heavy atom. The van der Waals surface area contributed by atoms with Crippen molar-refractivity contribution in [2.75, 3.05) is 11.1 Å². The number of nitrogens with zero attached hydrogens (tertiary/aromatic N) is 3. The highest BCUT2D eigenvalue weighted by Gasteiger charge is 2.34. The standard InChI is InChI=1S/C23H20F3N5O/c1-13-7-6-8-15-11-18(31(21(32)19(13)15)16-9-4-3-5-10-16)14(2)29-22-28-12-17(20(27)30-22)23(24,25)26/h3-12,14H,1-2H3,(H3,27,28,29,30). The molecule has 2 aromatic carbocycles. The van der Waals surface area contributed by atoms with Gasteiger partial charge in [-0.25, -0.2) is 4.98 Å². The zero-order valence-corrected chi connectivity index (χ0v) is 17.3. The van der Waals surface area contributed by atoms with Gasteiger partial charge in [0.15, 0.2) is 0 Å². The van der Waals surface area contributed by atoms with E-state index in [0.29, 0.717) is 23.0 Å². The number of nitrogen functional groups attached to an aromatic ring is 1. The largest absolute Gasteiger partial charge is 0.421 e. The van der Waals surface area contributed by atoms with Crippen molar-refractivity contribution in [1.82, 2.24) is 14.5 Å². The van der Waals surface area contributed by atoms with Gasteiger partial charge in [-0.1, -0.05) is 36.4 Å². The lowest BCUT2D eigenvalue weighted by molar-refractivity contribution is -0.137. The lowest BCUT2D eigenvalue weighted by atomic mass is 10.0. The zero-order valence-electron chi connectivity index (χ0n) is 17.3. The van der Waals surface area contributed by atoms with Crippen LogP contribution in [-0.2, 0) is 6.18 Å². The molecule has 2 aromatic heterocycles. The summed E-state index contributed by atoms with van der Waals surface area (Å²) in [5, 5.41) is 4.33. The van der Waals surface area contributed by atoms with Crippen molar-refractivity contribution in [3.05, 3.63) is 88.0 Å². The van der Waals surface area contributed by atoms with Crippen LogP contribution < -0.4 is 16.6 Å².